The maximum atomic E-state index is 12.9. The molecule has 6 nitrogen and oxygen atoms in total. The van der Waals surface area contributed by atoms with Gasteiger partial charge >= 0.3 is 6.61 Å². The van der Waals surface area contributed by atoms with Crippen LogP contribution in [0.5, 0.6) is 5.75 Å². The second kappa shape index (κ2) is 6.49. The smallest absolute Gasteiger partial charge is 0.387 e. The molecule has 3 rings (SSSR count). The first-order chi connectivity index (χ1) is 11.7. The number of hydrogen-bond acceptors (Lipinski definition) is 6. The SMILES string of the molecule is CS(=O)(=O)c1c(C(=O)c2cnoc2C2CC2)ccc(Br)c1OC(F)F. The molecule has 0 N–H and O–H groups in total. The van der Waals surface area contributed by atoms with Crippen molar-refractivity contribution in [3.05, 3.63) is 39.7 Å². The van der Waals surface area contributed by atoms with Gasteiger partial charge in [0.25, 0.3) is 0 Å². The van der Waals surface area contributed by atoms with E-state index in [-0.39, 0.29) is 21.5 Å². The van der Waals surface area contributed by atoms with Gasteiger partial charge in [0.05, 0.1) is 16.2 Å². The summed E-state index contributed by atoms with van der Waals surface area (Å²) in [7, 11) is -4.05. The lowest BCUT2D eigenvalue weighted by atomic mass is 10.0. The molecule has 1 aromatic heterocycles. The number of nitrogens with zero attached hydrogens (tertiary/aromatic N) is 1. The van der Waals surface area contributed by atoms with Crippen LogP contribution in [0.15, 0.2) is 32.2 Å². The minimum absolute atomic E-state index is 0.00231. The van der Waals surface area contributed by atoms with Crippen LogP contribution in [0.3, 0.4) is 0 Å². The molecule has 0 saturated heterocycles. The van der Waals surface area contributed by atoms with Crippen LogP contribution in [0.1, 0.15) is 40.4 Å². The zero-order valence-corrected chi connectivity index (χ0v) is 15.2. The van der Waals surface area contributed by atoms with Crippen molar-refractivity contribution in [3.63, 3.8) is 0 Å². The second-order valence-corrected chi connectivity index (χ2v) is 8.42. The highest BCUT2D eigenvalue weighted by molar-refractivity contribution is 9.10. The summed E-state index contributed by atoms with van der Waals surface area (Å²) in [6.07, 6.45) is 3.71. The Morgan fingerprint density at radius 1 is 1.36 bits per heavy atom. The Labute approximate surface area is 150 Å². The van der Waals surface area contributed by atoms with Crippen LogP contribution in [0.25, 0.3) is 0 Å². The molecule has 0 bridgehead atoms. The van der Waals surface area contributed by atoms with E-state index in [2.05, 4.69) is 25.8 Å². The molecule has 134 valence electrons. The van der Waals surface area contributed by atoms with Gasteiger partial charge in [-0.15, -0.1) is 0 Å². The zero-order valence-electron chi connectivity index (χ0n) is 12.8. The van der Waals surface area contributed by atoms with Gasteiger partial charge in [-0.2, -0.15) is 8.78 Å². The first kappa shape index (κ1) is 18.0. The van der Waals surface area contributed by atoms with Crippen molar-refractivity contribution in [2.24, 2.45) is 0 Å². The highest BCUT2D eigenvalue weighted by Gasteiger charge is 2.35. The van der Waals surface area contributed by atoms with E-state index in [9.17, 15) is 22.0 Å². The Kier molecular flexibility index (Phi) is 4.67. The summed E-state index contributed by atoms with van der Waals surface area (Å²) in [4.78, 5) is 12.3. The van der Waals surface area contributed by atoms with Crippen molar-refractivity contribution in [1.82, 2.24) is 5.16 Å². The highest BCUT2D eigenvalue weighted by Crippen LogP contribution is 2.43. The van der Waals surface area contributed by atoms with Gasteiger partial charge in [0.1, 0.15) is 4.90 Å². The summed E-state index contributed by atoms with van der Waals surface area (Å²) in [5.74, 6) is -0.831. The lowest BCUT2D eigenvalue weighted by Gasteiger charge is -2.15. The molecular formula is C15H12BrF2NO5S. The first-order valence-electron chi connectivity index (χ1n) is 7.16. The van der Waals surface area contributed by atoms with Crippen LogP contribution >= 0.6 is 15.9 Å². The number of ether oxygens (including phenoxy) is 1. The summed E-state index contributed by atoms with van der Waals surface area (Å²) < 4.78 is 59.2. The fourth-order valence-electron chi connectivity index (χ4n) is 2.49. The lowest BCUT2D eigenvalue weighted by molar-refractivity contribution is -0.0523. The third-order valence-electron chi connectivity index (χ3n) is 3.68. The van der Waals surface area contributed by atoms with Crippen molar-refractivity contribution >= 4 is 31.6 Å². The molecule has 1 heterocycles. The summed E-state index contributed by atoms with van der Waals surface area (Å²) in [6, 6.07) is 2.52. The minimum Gasteiger partial charge on any atom is -0.432 e. The van der Waals surface area contributed by atoms with E-state index in [1.807, 2.05) is 0 Å². The Morgan fingerprint density at radius 2 is 2.04 bits per heavy atom. The van der Waals surface area contributed by atoms with Crippen LogP contribution in [0.2, 0.25) is 0 Å². The number of carbonyl (C=O) groups is 1. The number of rotatable bonds is 6. The van der Waals surface area contributed by atoms with E-state index < -0.39 is 32.9 Å². The standard InChI is InChI=1S/C15H12BrF2NO5S/c1-25(21,22)14-8(4-5-10(16)13(14)23-15(17)18)11(20)9-6-19-24-12(9)7-2-3-7/h4-7,15H,2-3H2,1H3. The average molecular weight is 436 g/mol. The quantitative estimate of drug-likeness (QED) is 0.644. The maximum absolute atomic E-state index is 12.9. The first-order valence-corrected chi connectivity index (χ1v) is 9.85. The van der Waals surface area contributed by atoms with E-state index in [0.717, 1.165) is 19.1 Å². The van der Waals surface area contributed by atoms with Gasteiger partial charge in [-0.1, -0.05) is 5.16 Å². The van der Waals surface area contributed by atoms with Gasteiger partial charge in [0.15, 0.2) is 27.1 Å². The third kappa shape index (κ3) is 3.59. The molecule has 1 aliphatic carbocycles. The molecule has 0 amide bonds. The summed E-state index contributed by atoms with van der Waals surface area (Å²) >= 11 is 2.98. The maximum Gasteiger partial charge on any atom is 0.387 e. The molecule has 0 unspecified atom stereocenters. The molecule has 1 saturated carbocycles. The number of carbonyl (C=O) groups excluding carboxylic acids is 1. The van der Waals surface area contributed by atoms with Crippen molar-refractivity contribution in [2.75, 3.05) is 6.26 Å². The number of halogens is 3. The Balaban J connectivity index is 2.18. The van der Waals surface area contributed by atoms with Crippen molar-refractivity contribution in [2.45, 2.75) is 30.3 Å². The largest absolute Gasteiger partial charge is 0.432 e. The molecule has 0 spiro atoms. The highest BCUT2D eigenvalue weighted by atomic mass is 79.9. The Bertz CT molecular complexity index is 937. The fourth-order valence-corrected chi connectivity index (χ4v) is 4.10. The number of hydrogen-bond donors (Lipinski definition) is 0. The molecule has 0 aliphatic heterocycles. The molecule has 2 aromatic rings. The molecule has 1 fully saturated rings. The van der Waals surface area contributed by atoms with Crippen LogP contribution in [0, 0.1) is 0 Å². The van der Waals surface area contributed by atoms with Crippen molar-refractivity contribution in [1.29, 1.82) is 0 Å². The van der Waals surface area contributed by atoms with Crippen LogP contribution in [0.4, 0.5) is 8.78 Å². The van der Waals surface area contributed by atoms with Crippen molar-refractivity contribution < 1.29 is 31.3 Å². The van der Waals surface area contributed by atoms with Gasteiger partial charge in [0.2, 0.25) is 0 Å². The monoisotopic (exact) mass is 435 g/mol. The number of benzene rings is 1. The van der Waals surface area contributed by atoms with Crippen LogP contribution in [-0.2, 0) is 9.84 Å². The predicted octanol–water partition coefficient (Wildman–Crippen LogP) is 3.55. The van der Waals surface area contributed by atoms with Gasteiger partial charge < -0.3 is 9.26 Å². The van der Waals surface area contributed by atoms with Gasteiger partial charge in [-0.3, -0.25) is 4.79 Å². The molecule has 25 heavy (non-hydrogen) atoms. The molecule has 0 atom stereocenters. The van der Waals surface area contributed by atoms with E-state index in [4.69, 9.17) is 4.52 Å². The number of ketones is 1. The van der Waals surface area contributed by atoms with Crippen LogP contribution < -0.4 is 4.74 Å². The Morgan fingerprint density at radius 3 is 2.60 bits per heavy atom. The van der Waals surface area contributed by atoms with Crippen LogP contribution in [-0.4, -0.2) is 32.2 Å². The normalized spacial score (nSPS) is 14.8. The summed E-state index contributed by atoms with van der Waals surface area (Å²) in [5.41, 5.74) is -0.149. The molecular weight excluding hydrogens is 424 g/mol. The van der Waals surface area contributed by atoms with Gasteiger partial charge in [-0.25, -0.2) is 8.42 Å². The number of alkyl halides is 2. The van der Waals surface area contributed by atoms with Gasteiger partial charge in [-0.05, 0) is 40.9 Å². The fraction of sp³-hybridized carbons (Fsp3) is 0.333. The predicted molar refractivity (Wildman–Crippen MR) is 85.8 cm³/mol. The Hall–Kier alpha value is -1.81. The van der Waals surface area contributed by atoms with Crippen molar-refractivity contribution in [3.8, 4) is 5.75 Å². The lowest BCUT2D eigenvalue weighted by Crippen LogP contribution is -2.14. The molecule has 10 heteroatoms. The van der Waals surface area contributed by atoms with E-state index in [1.54, 1.807) is 0 Å². The van der Waals surface area contributed by atoms with Gasteiger partial charge in [0, 0.05) is 17.7 Å². The molecule has 0 radical (unpaired) electrons. The molecule has 1 aliphatic rings. The molecule has 1 aromatic carbocycles. The minimum atomic E-state index is -4.05. The number of sulfone groups is 1. The van der Waals surface area contributed by atoms with E-state index in [1.165, 1.54) is 18.3 Å². The second-order valence-electron chi connectivity index (χ2n) is 5.61. The summed E-state index contributed by atoms with van der Waals surface area (Å²) in [6.45, 7) is -3.25. The average Bonchev–Trinajstić information content (AvgIpc) is 3.24. The van der Waals surface area contributed by atoms with E-state index >= 15 is 0 Å². The topological polar surface area (TPSA) is 86.5 Å². The third-order valence-corrected chi connectivity index (χ3v) is 5.45. The summed E-state index contributed by atoms with van der Waals surface area (Å²) in [5, 5.41) is 3.60. The number of aromatic nitrogens is 1. The van der Waals surface area contributed by atoms with E-state index in [0.29, 0.717) is 5.76 Å². The zero-order chi connectivity index (χ0) is 18.4.